The summed E-state index contributed by atoms with van der Waals surface area (Å²) in [5.74, 6) is 1.09. The highest BCUT2D eigenvalue weighted by atomic mass is 16.5. The smallest absolute Gasteiger partial charge is 0.236 e. The van der Waals surface area contributed by atoms with E-state index in [4.69, 9.17) is 10.5 Å². The van der Waals surface area contributed by atoms with Crippen LogP contribution in [-0.2, 0) is 11.3 Å². The largest absolute Gasteiger partial charge is 0.494 e. The van der Waals surface area contributed by atoms with Crippen LogP contribution in [0, 0.1) is 0 Å². The molecule has 0 unspecified atom stereocenters. The average molecular weight is 291 g/mol. The highest BCUT2D eigenvalue weighted by Crippen LogP contribution is 2.12. The van der Waals surface area contributed by atoms with E-state index in [1.807, 2.05) is 36.2 Å². The molecular formula is C16H25N3O2. The second-order valence-corrected chi connectivity index (χ2v) is 5.50. The first-order chi connectivity index (χ1) is 10.2. The van der Waals surface area contributed by atoms with Gasteiger partial charge in [0.15, 0.2) is 0 Å². The van der Waals surface area contributed by atoms with E-state index in [9.17, 15) is 4.79 Å². The molecule has 1 aromatic carbocycles. The summed E-state index contributed by atoms with van der Waals surface area (Å²) in [5.41, 5.74) is 6.67. The zero-order chi connectivity index (χ0) is 15.1. The summed E-state index contributed by atoms with van der Waals surface area (Å²) in [6, 6.07) is 7.87. The number of ether oxygens (including phenoxy) is 1. The standard InChI is InChI=1S/C16H25N3O2/c1-18-8-2-9-19(13-16(18)20)10-3-11-21-15-6-4-14(12-17)5-7-15/h4-7H,2-3,8-13,17H2,1H3. The molecule has 21 heavy (non-hydrogen) atoms. The van der Waals surface area contributed by atoms with Crippen molar-refractivity contribution < 1.29 is 9.53 Å². The lowest BCUT2D eigenvalue weighted by Gasteiger charge is -2.19. The molecule has 0 spiro atoms. The van der Waals surface area contributed by atoms with Crippen LogP contribution < -0.4 is 10.5 Å². The molecule has 0 saturated carbocycles. The highest BCUT2D eigenvalue weighted by molar-refractivity contribution is 5.78. The van der Waals surface area contributed by atoms with Crippen molar-refractivity contribution in [2.45, 2.75) is 19.4 Å². The molecule has 0 bridgehead atoms. The lowest BCUT2D eigenvalue weighted by molar-refractivity contribution is -0.129. The minimum absolute atomic E-state index is 0.214. The van der Waals surface area contributed by atoms with Crippen LogP contribution in [0.25, 0.3) is 0 Å². The number of hydrogen-bond donors (Lipinski definition) is 1. The fourth-order valence-electron chi connectivity index (χ4n) is 2.44. The summed E-state index contributed by atoms with van der Waals surface area (Å²) in [4.78, 5) is 15.8. The summed E-state index contributed by atoms with van der Waals surface area (Å²) >= 11 is 0. The molecule has 0 aromatic heterocycles. The summed E-state index contributed by atoms with van der Waals surface area (Å²) in [5, 5.41) is 0. The minimum Gasteiger partial charge on any atom is -0.494 e. The second kappa shape index (κ2) is 8.00. The Kier molecular flexibility index (Phi) is 6.02. The number of rotatable bonds is 6. The molecule has 1 aromatic rings. The number of carbonyl (C=O) groups excluding carboxylic acids is 1. The molecule has 1 aliphatic heterocycles. The summed E-state index contributed by atoms with van der Waals surface area (Å²) in [6.07, 6.45) is 1.97. The third kappa shape index (κ3) is 5.02. The fraction of sp³-hybridized carbons (Fsp3) is 0.562. The van der Waals surface area contributed by atoms with Gasteiger partial charge in [0.05, 0.1) is 13.2 Å². The SMILES string of the molecule is CN1CCCN(CCCOc2ccc(CN)cc2)CC1=O. The molecule has 1 aliphatic rings. The Morgan fingerprint density at radius 3 is 2.71 bits per heavy atom. The van der Waals surface area contributed by atoms with Crippen LogP contribution >= 0.6 is 0 Å². The van der Waals surface area contributed by atoms with Gasteiger partial charge in [0.1, 0.15) is 5.75 Å². The normalized spacial score (nSPS) is 16.9. The molecule has 1 saturated heterocycles. The van der Waals surface area contributed by atoms with Gasteiger partial charge in [-0.1, -0.05) is 12.1 Å². The maximum Gasteiger partial charge on any atom is 0.236 e. The van der Waals surface area contributed by atoms with Gasteiger partial charge in [-0.25, -0.2) is 0 Å². The predicted molar refractivity (Wildman–Crippen MR) is 83.1 cm³/mol. The number of carbonyl (C=O) groups is 1. The minimum atomic E-state index is 0.214. The first-order valence-corrected chi connectivity index (χ1v) is 7.57. The van der Waals surface area contributed by atoms with E-state index in [0.717, 1.165) is 43.8 Å². The van der Waals surface area contributed by atoms with Crippen molar-refractivity contribution in [2.75, 3.05) is 39.8 Å². The van der Waals surface area contributed by atoms with Gasteiger partial charge in [-0.3, -0.25) is 9.69 Å². The van der Waals surface area contributed by atoms with Crippen molar-refractivity contribution in [1.82, 2.24) is 9.80 Å². The van der Waals surface area contributed by atoms with Gasteiger partial charge in [-0.05, 0) is 30.5 Å². The molecule has 0 atom stereocenters. The zero-order valence-electron chi connectivity index (χ0n) is 12.8. The number of likely N-dealkylation sites (N-methyl/N-ethyl adjacent to an activating group) is 1. The number of amides is 1. The number of nitrogens with two attached hydrogens (primary N) is 1. The number of benzene rings is 1. The third-order valence-corrected chi connectivity index (χ3v) is 3.80. The first-order valence-electron chi connectivity index (χ1n) is 7.57. The van der Waals surface area contributed by atoms with E-state index in [0.29, 0.717) is 19.7 Å². The van der Waals surface area contributed by atoms with Crippen LogP contribution in [0.5, 0.6) is 5.75 Å². The van der Waals surface area contributed by atoms with Crippen LogP contribution in [0.3, 0.4) is 0 Å². The van der Waals surface area contributed by atoms with E-state index in [2.05, 4.69) is 4.90 Å². The number of hydrogen-bond acceptors (Lipinski definition) is 4. The monoisotopic (exact) mass is 291 g/mol. The summed E-state index contributed by atoms with van der Waals surface area (Å²) in [7, 11) is 1.87. The Balaban J connectivity index is 1.68. The molecule has 0 aliphatic carbocycles. The molecule has 116 valence electrons. The highest BCUT2D eigenvalue weighted by Gasteiger charge is 2.18. The Labute approximate surface area is 126 Å². The van der Waals surface area contributed by atoms with Gasteiger partial charge in [-0.15, -0.1) is 0 Å². The van der Waals surface area contributed by atoms with Gasteiger partial charge in [0, 0.05) is 33.2 Å². The summed E-state index contributed by atoms with van der Waals surface area (Å²) < 4.78 is 5.71. The fourth-order valence-corrected chi connectivity index (χ4v) is 2.44. The Bertz CT molecular complexity index is 447. The molecule has 1 heterocycles. The van der Waals surface area contributed by atoms with E-state index >= 15 is 0 Å². The third-order valence-electron chi connectivity index (χ3n) is 3.80. The lowest BCUT2D eigenvalue weighted by Crippen LogP contribution is -2.35. The van der Waals surface area contributed by atoms with Crippen molar-refractivity contribution in [3.8, 4) is 5.75 Å². The van der Waals surface area contributed by atoms with Crippen LogP contribution in [-0.4, -0.2) is 55.5 Å². The molecule has 1 amide bonds. The van der Waals surface area contributed by atoms with E-state index < -0.39 is 0 Å². The van der Waals surface area contributed by atoms with E-state index in [1.165, 1.54) is 0 Å². The van der Waals surface area contributed by atoms with Crippen LogP contribution in [0.4, 0.5) is 0 Å². The molecule has 2 N–H and O–H groups in total. The Hall–Kier alpha value is -1.59. The van der Waals surface area contributed by atoms with Crippen LogP contribution in [0.15, 0.2) is 24.3 Å². The van der Waals surface area contributed by atoms with Crippen molar-refractivity contribution in [3.63, 3.8) is 0 Å². The molecule has 2 rings (SSSR count). The maximum atomic E-state index is 11.8. The molecular weight excluding hydrogens is 266 g/mol. The van der Waals surface area contributed by atoms with Crippen molar-refractivity contribution >= 4 is 5.91 Å². The van der Waals surface area contributed by atoms with Gasteiger partial charge in [-0.2, -0.15) is 0 Å². The summed E-state index contributed by atoms with van der Waals surface area (Å²) in [6.45, 7) is 4.50. The maximum absolute atomic E-state index is 11.8. The van der Waals surface area contributed by atoms with Gasteiger partial charge >= 0.3 is 0 Å². The Morgan fingerprint density at radius 1 is 1.24 bits per heavy atom. The van der Waals surface area contributed by atoms with Crippen molar-refractivity contribution in [1.29, 1.82) is 0 Å². The molecule has 5 heteroatoms. The van der Waals surface area contributed by atoms with Crippen molar-refractivity contribution in [3.05, 3.63) is 29.8 Å². The molecule has 0 radical (unpaired) electrons. The van der Waals surface area contributed by atoms with Gasteiger partial charge in [0.2, 0.25) is 5.91 Å². The van der Waals surface area contributed by atoms with Crippen LogP contribution in [0.1, 0.15) is 18.4 Å². The second-order valence-electron chi connectivity index (χ2n) is 5.50. The predicted octanol–water partition coefficient (Wildman–Crippen LogP) is 1.08. The Morgan fingerprint density at radius 2 is 2.00 bits per heavy atom. The average Bonchev–Trinajstić information content (AvgIpc) is 2.66. The molecule has 1 fully saturated rings. The quantitative estimate of drug-likeness (QED) is 0.797. The molecule has 5 nitrogen and oxygen atoms in total. The van der Waals surface area contributed by atoms with Crippen molar-refractivity contribution in [2.24, 2.45) is 5.73 Å². The van der Waals surface area contributed by atoms with E-state index in [1.54, 1.807) is 0 Å². The van der Waals surface area contributed by atoms with Crippen LogP contribution in [0.2, 0.25) is 0 Å². The number of nitrogens with zero attached hydrogens (tertiary/aromatic N) is 2. The first kappa shape index (κ1) is 15.8. The zero-order valence-corrected chi connectivity index (χ0v) is 12.8. The van der Waals surface area contributed by atoms with Gasteiger partial charge < -0.3 is 15.4 Å². The van der Waals surface area contributed by atoms with E-state index in [-0.39, 0.29) is 5.91 Å². The van der Waals surface area contributed by atoms with Gasteiger partial charge in [0.25, 0.3) is 0 Å². The topological polar surface area (TPSA) is 58.8 Å². The lowest BCUT2D eigenvalue weighted by atomic mass is 10.2.